The van der Waals surface area contributed by atoms with E-state index in [1.807, 2.05) is 37.4 Å². The molecule has 6 heteroatoms. The monoisotopic (exact) mass is 281 g/mol. The van der Waals surface area contributed by atoms with Crippen LogP contribution in [0.2, 0.25) is 0 Å². The van der Waals surface area contributed by atoms with Crippen molar-refractivity contribution >= 4 is 29.2 Å². The van der Waals surface area contributed by atoms with Crippen molar-refractivity contribution in [2.24, 2.45) is 16.3 Å². The number of carbonyl (C=O) groups is 1. The summed E-state index contributed by atoms with van der Waals surface area (Å²) in [7, 11) is 0. The lowest BCUT2D eigenvalue weighted by molar-refractivity contribution is -0.121. The van der Waals surface area contributed by atoms with E-state index in [9.17, 15) is 4.79 Å². The summed E-state index contributed by atoms with van der Waals surface area (Å²) < 4.78 is 0. The lowest BCUT2D eigenvalue weighted by atomic mass is 9.85. The number of nitrogens with one attached hydrogen (secondary N) is 1. The van der Waals surface area contributed by atoms with Crippen LogP contribution >= 0.6 is 11.8 Å². The Balaban J connectivity index is 2.88. The van der Waals surface area contributed by atoms with E-state index in [2.05, 4.69) is 10.5 Å². The van der Waals surface area contributed by atoms with Crippen LogP contribution in [-0.2, 0) is 4.79 Å². The summed E-state index contributed by atoms with van der Waals surface area (Å²) in [6, 6.07) is 7.50. The quantitative estimate of drug-likeness (QED) is 0.254. The molecular formula is C13H19N3O2S. The van der Waals surface area contributed by atoms with Crippen molar-refractivity contribution in [3.8, 4) is 0 Å². The molecule has 1 aromatic rings. The highest BCUT2D eigenvalue weighted by Gasteiger charge is 2.36. The molecule has 0 saturated heterocycles. The third kappa shape index (κ3) is 3.41. The van der Waals surface area contributed by atoms with E-state index >= 15 is 0 Å². The molecule has 1 aromatic carbocycles. The van der Waals surface area contributed by atoms with Crippen molar-refractivity contribution < 1.29 is 10.0 Å². The summed E-state index contributed by atoms with van der Waals surface area (Å²) in [6.45, 7) is 3.46. The number of rotatable bonds is 5. The van der Waals surface area contributed by atoms with Gasteiger partial charge in [0.2, 0.25) is 5.91 Å². The van der Waals surface area contributed by atoms with Gasteiger partial charge in [-0.05, 0) is 43.9 Å². The normalized spacial score (nSPS) is 14.8. The number of carbonyl (C=O) groups excluding carboxylic acids is 1. The van der Waals surface area contributed by atoms with Gasteiger partial charge in [0.1, 0.15) is 5.41 Å². The zero-order valence-electron chi connectivity index (χ0n) is 11.3. The fourth-order valence-electron chi connectivity index (χ4n) is 1.51. The number of hydrogen-bond donors (Lipinski definition) is 3. The number of thioether (sulfide) groups is 1. The fraction of sp³-hybridized carbons (Fsp3) is 0.385. The SMILES string of the molecule is CCC(C)(C(=O)Nc1ccc(SC)cc1)/C(N)=N/O. The topological polar surface area (TPSA) is 87.7 Å². The summed E-state index contributed by atoms with van der Waals surface area (Å²) in [6.07, 6.45) is 2.43. The fourth-order valence-corrected chi connectivity index (χ4v) is 1.92. The molecule has 0 bridgehead atoms. The van der Waals surface area contributed by atoms with Crippen LogP contribution in [0.1, 0.15) is 20.3 Å². The first-order valence-corrected chi connectivity index (χ1v) is 7.14. The maximum atomic E-state index is 12.2. The highest BCUT2D eigenvalue weighted by atomic mass is 32.2. The molecule has 1 amide bonds. The van der Waals surface area contributed by atoms with E-state index in [0.717, 1.165) is 4.90 Å². The van der Waals surface area contributed by atoms with Gasteiger partial charge in [-0.25, -0.2) is 0 Å². The van der Waals surface area contributed by atoms with E-state index in [-0.39, 0.29) is 11.7 Å². The molecule has 0 aliphatic heterocycles. The Morgan fingerprint density at radius 3 is 2.47 bits per heavy atom. The second kappa shape index (κ2) is 6.47. The van der Waals surface area contributed by atoms with Gasteiger partial charge in [0.25, 0.3) is 0 Å². The molecule has 0 spiro atoms. The largest absolute Gasteiger partial charge is 0.409 e. The Morgan fingerprint density at radius 1 is 1.47 bits per heavy atom. The minimum absolute atomic E-state index is 0.0896. The number of anilines is 1. The molecule has 19 heavy (non-hydrogen) atoms. The van der Waals surface area contributed by atoms with Crippen LogP contribution in [0.15, 0.2) is 34.3 Å². The number of benzene rings is 1. The molecule has 0 aliphatic rings. The molecule has 1 unspecified atom stereocenters. The molecule has 0 aromatic heterocycles. The molecule has 5 nitrogen and oxygen atoms in total. The van der Waals surface area contributed by atoms with Crippen molar-refractivity contribution in [3.63, 3.8) is 0 Å². The van der Waals surface area contributed by atoms with Gasteiger partial charge in [0, 0.05) is 10.6 Å². The highest BCUT2D eigenvalue weighted by molar-refractivity contribution is 7.98. The maximum Gasteiger partial charge on any atom is 0.238 e. The minimum atomic E-state index is -1.02. The second-order valence-electron chi connectivity index (χ2n) is 4.35. The van der Waals surface area contributed by atoms with Crippen molar-refractivity contribution in [1.82, 2.24) is 0 Å². The van der Waals surface area contributed by atoms with Gasteiger partial charge in [-0.2, -0.15) is 0 Å². The van der Waals surface area contributed by atoms with Crippen LogP contribution in [-0.4, -0.2) is 23.2 Å². The lowest BCUT2D eigenvalue weighted by Crippen LogP contribution is -2.44. The molecular weight excluding hydrogens is 262 g/mol. The van der Waals surface area contributed by atoms with E-state index in [1.165, 1.54) is 0 Å². The zero-order valence-corrected chi connectivity index (χ0v) is 12.1. The second-order valence-corrected chi connectivity index (χ2v) is 5.23. The highest BCUT2D eigenvalue weighted by Crippen LogP contribution is 2.24. The third-order valence-electron chi connectivity index (χ3n) is 3.23. The number of nitrogens with two attached hydrogens (primary N) is 1. The van der Waals surface area contributed by atoms with E-state index in [0.29, 0.717) is 12.1 Å². The smallest absolute Gasteiger partial charge is 0.238 e. The van der Waals surface area contributed by atoms with Crippen LogP contribution in [0, 0.1) is 5.41 Å². The molecule has 0 heterocycles. The number of oxime groups is 1. The van der Waals surface area contributed by atoms with Crippen molar-refractivity contribution in [2.45, 2.75) is 25.2 Å². The number of hydrogen-bond acceptors (Lipinski definition) is 4. The Kier molecular flexibility index (Phi) is 5.23. The molecule has 1 atom stereocenters. The molecule has 0 fully saturated rings. The first-order valence-electron chi connectivity index (χ1n) is 5.91. The molecule has 4 N–H and O–H groups in total. The molecule has 0 aliphatic carbocycles. The molecule has 0 saturated carbocycles. The average Bonchev–Trinajstić information content (AvgIpc) is 2.46. The Bertz CT molecular complexity index is 473. The summed E-state index contributed by atoms with van der Waals surface area (Å²) in [5.74, 6) is -0.379. The Morgan fingerprint density at radius 2 is 2.05 bits per heavy atom. The van der Waals surface area contributed by atoms with Crippen LogP contribution in [0.5, 0.6) is 0 Å². The Hall–Kier alpha value is -1.69. The van der Waals surface area contributed by atoms with Gasteiger partial charge < -0.3 is 16.3 Å². The predicted molar refractivity (Wildman–Crippen MR) is 78.7 cm³/mol. The summed E-state index contributed by atoms with van der Waals surface area (Å²) in [4.78, 5) is 13.4. The van der Waals surface area contributed by atoms with Crippen LogP contribution in [0.3, 0.4) is 0 Å². The minimum Gasteiger partial charge on any atom is -0.409 e. The first-order chi connectivity index (χ1) is 8.97. The van der Waals surface area contributed by atoms with Crippen LogP contribution in [0.4, 0.5) is 5.69 Å². The van der Waals surface area contributed by atoms with Gasteiger partial charge in [0.15, 0.2) is 5.84 Å². The molecule has 1 rings (SSSR count). The molecule has 104 valence electrons. The van der Waals surface area contributed by atoms with Gasteiger partial charge in [-0.15, -0.1) is 11.8 Å². The van der Waals surface area contributed by atoms with Crippen LogP contribution in [0.25, 0.3) is 0 Å². The van der Waals surface area contributed by atoms with Crippen molar-refractivity contribution in [1.29, 1.82) is 0 Å². The van der Waals surface area contributed by atoms with E-state index in [1.54, 1.807) is 18.7 Å². The standard InChI is InChI=1S/C13H19N3O2S/c1-4-13(2,11(14)16-18)12(17)15-9-5-7-10(19-3)8-6-9/h5-8,18H,4H2,1-3H3,(H2,14,16)(H,15,17). The lowest BCUT2D eigenvalue weighted by Gasteiger charge is -2.25. The summed E-state index contributed by atoms with van der Waals surface area (Å²) >= 11 is 1.63. The first kappa shape index (κ1) is 15.4. The van der Waals surface area contributed by atoms with E-state index in [4.69, 9.17) is 10.9 Å². The summed E-state index contributed by atoms with van der Waals surface area (Å²) in [5.41, 5.74) is 5.27. The van der Waals surface area contributed by atoms with Crippen molar-refractivity contribution in [2.75, 3.05) is 11.6 Å². The van der Waals surface area contributed by atoms with E-state index < -0.39 is 5.41 Å². The third-order valence-corrected chi connectivity index (χ3v) is 3.97. The number of nitrogens with zero attached hydrogens (tertiary/aromatic N) is 1. The number of amidine groups is 1. The zero-order chi connectivity index (χ0) is 14.5. The van der Waals surface area contributed by atoms with Gasteiger partial charge in [0.05, 0.1) is 0 Å². The molecule has 0 radical (unpaired) electrons. The summed E-state index contributed by atoms with van der Waals surface area (Å²) in [5, 5.41) is 14.5. The van der Waals surface area contributed by atoms with Gasteiger partial charge in [-0.3, -0.25) is 4.79 Å². The average molecular weight is 281 g/mol. The number of amides is 1. The van der Waals surface area contributed by atoms with Crippen LogP contribution < -0.4 is 11.1 Å². The Labute approximate surface area is 117 Å². The van der Waals surface area contributed by atoms with Gasteiger partial charge >= 0.3 is 0 Å². The van der Waals surface area contributed by atoms with Crippen molar-refractivity contribution in [3.05, 3.63) is 24.3 Å². The predicted octanol–water partition coefficient (Wildman–Crippen LogP) is 2.51. The van der Waals surface area contributed by atoms with Gasteiger partial charge in [-0.1, -0.05) is 12.1 Å². The maximum absolute atomic E-state index is 12.2.